The van der Waals surface area contributed by atoms with Gasteiger partial charge in [0.15, 0.2) is 5.82 Å². The maximum atomic E-state index is 5.06. The number of rotatable bonds is 11. The zero-order chi connectivity index (χ0) is 35.7. The first-order chi connectivity index (χ1) is 25.6. The van der Waals surface area contributed by atoms with E-state index in [4.69, 9.17) is 9.97 Å². The number of anilines is 3. The molecule has 6 aromatic carbocycles. The normalized spacial score (nSPS) is 11.7. The van der Waals surface area contributed by atoms with Crippen molar-refractivity contribution in [2.24, 2.45) is 4.99 Å². The van der Waals surface area contributed by atoms with Gasteiger partial charge in [0.2, 0.25) is 0 Å². The summed E-state index contributed by atoms with van der Waals surface area (Å²) < 4.78 is 0. The summed E-state index contributed by atoms with van der Waals surface area (Å²) in [6, 6.07) is 51.9. The van der Waals surface area contributed by atoms with Crippen molar-refractivity contribution in [3.63, 3.8) is 0 Å². The Kier molecular flexibility index (Phi) is 10.2. The summed E-state index contributed by atoms with van der Waals surface area (Å²) in [5.41, 5.74) is 10.4. The zero-order valence-electron chi connectivity index (χ0n) is 29.3. The van der Waals surface area contributed by atoms with Crippen LogP contribution in [0.2, 0.25) is 0 Å². The van der Waals surface area contributed by atoms with Crippen LogP contribution in [0.1, 0.15) is 12.5 Å². The Labute approximate surface area is 305 Å². The number of para-hydroxylation sites is 2. The quantitative estimate of drug-likeness (QED) is 0.110. The Bertz CT molecular complexity index is 2350. The first-order valence-electron chi connectivity index (χ1n) is 17.3. The van der Waals surface area contributed by atoms with E-state index in [2.05, 4.69) is 125 Å². The number of allylic oxidation sites excluding steroid dienone is 4. The lowest BCUT2D eigenvalue weighted by atomic mass is 10.0. The molecule has 0 atom stereocenters. The fourth-order valence-electron chi connectivity index (χ4n) is 6.27. The van der Waals surface area contributed by atoms with E-state index in [0.717, 1.165) is 62.1 Å². The fourth-order valence-corrected chi connectivity index (χ4v) is 6.27. The predicted octanol–water partition coefficient (Wildman–Crippen LogP) is 12.3. The van der Waals surface area contributed by atoms with Crippen molar-refractivity contribution < 1.29 is 0 Å². The molecule has 1 N–H and O–H groups in total. The van der Waals surface area contributed by atoms with Crippen LogP contribution < -0.4 is 10.2 Å². The van der Waals surface area contributed by atoms with Crippen molar-refractivity contribution in [2.75, 3.05) is 17.3 Å². The molecule has 0 unspecified atom stereocenters. The van der Waals surface area contributed by atoms with E-state index in [9.17, 15) is 0 Å². The van der Waals surface area contributed by atoms with Crippen LogP contribution in [-0.4, -0.2) is 23.7 Å². The van der Waals surface area contributed by atoms with Crippen LogP contribution >= 0.6 is 0 Å². The number of hydrogen-bond donors (Lipinski definition) is 1. The van der Waals surface area contributed by atoms with Gasteiger partial charge in [0.25, 0.3) is 0 Å². The van der Waals surface area contributed by atoms with Crippen LogP contribution in [0.25, 0.3) is 50.8 Å². The van der Waals surface area contributed by atoms with E-state index < -0.39 is 0 Å². The molecule has 0 fully saturated rings. The van der Waals surface area contributed by atoms with Gasteiger partial charge in [0.05, 0.1) is 22.8 Å². The first-order valence-corrected chi connectivity index (χ1v) is 17.3. The van der Waals surface area contributed by atoms with Gasteiger partial charge in [0, 0.05) is 46.4 Å². The second-order valence-corrected chi connectivity index (χ2v) is 12.2. The molecule has 7 rings (SSSR count). The third-order valence-electron chi connectivity index (χ3n) is 8.86. The van der Waals surface area contributed by atoms with E-state index >= 15 is 0 Å². The number of aromatic nitrogens is 2. The number of nitrogens with one attached hydrogen (secondary N) is 1. The monoisotopic (exact) mass is 673 g/mol. The molecule has 0 spiro atoms. The average Bonchev–Trinajstić information content (AvgIpc) is 3.21. The zero-order valence-corrected chi connectivity index (χ0v) is 29.3. The molecule has 7 aromatic rings. The Hall–Kier alpha value is -6.85. The highest BCUT2D eigenvalue weighted by Crippen LogP contribution is 2.40. The molecule has 0 amide bonds. The van der Waals surface area contributed by atoms with Gasteiger partial charge < -0.3 is 10.2 Å². The third kappa shape index (κ3) is 7.35. The molecule has 252 valence electrons. The molecule has 0 bridgehead atoms. The summed E-state index contributed by atoms with van der Waals surface area (Å²) in [5.74, 6) is 0.684. The summed E-state index contributed by atoms with van der Waals surface area (Å²) in [7, 11) is 1.96. The lowest BCUT2D eigenvalue weighted by Gasteiger charge is -2.28. The van der Waals surface area contributed by atoms with E-state index in [1.54, 1.807) is 0 Å². The van der Waals surface area contributed by atoms with Gasteiger partial charge in [-0.05, 0) is 79.0 Å². The van der Waals surface area contributed by atoms with E-state index in [-0.39, 0.29) is 0 Å². The highest BCUT2D eigenvalue weighted by atomic mass is 15.2. The highest BCUT2D eigenvalue weighted by molar-refractivity contribution is 5.92. The molecule has 5 nitrogen and oxygen atoms in total. The molecule has 0 radical (unpaired) electrons. The molecule has 0 aliphatic heterocycles. The Morgan fingerprint density at radius 1 is 0.654 bits per heavy atom. The predicted molar refractivity (Wildman–Crippen MR) is 222 cm³/mol. The van der Waals surface area contributed by atoms with Crippen molar-refractivity contribution in [1.29, 1.82) is 0 Å². The molecule has 0 saturated carbocycles. The van der Waals surface area contributed by atoms with Crippen LogP contribution in [-0.2, 0) is 0 Å². The van der Waals surface area contributed by atoms with Crippen LogP contribution in [0.15, 0.2) is 187 Å². The van der Waals surface area contributed by atoms with Gasteiger partial charge in [-0.1, -0.05) is 127 Å². The number of benzene rings is 6. The third-order valence-corrected chi connectivity index (χ3v) is 8.86. The molecule has 0 aliphatic carbocycles. The van der Waals surface area contributed by atoms with Crippen molar-refractivity contribution in [3.05, 3.63) is 187 Å². The van der Waals surface area contributed by atoms with E-state index in [1.165, 1.54) is 10.8 Å². The van der Waals surface area contributed by atoms with Crippen molar-refractivity contribution in [3.8, 4) is 33.9 Å². The summed E-state index contributed by atoms with van der Waals surface area (Å²) in [4.78, 5) is 16.7. The van der Waals surface area contributed by atoms with Gasteiger partial charge in [-0.25, -0.2) is 9.97 Å². The molecule has 52 heavy (non-hydrogen) atoms. The number of nitrogens with zero attached hydrogens (tertiary/aromatic N) is 4. The highest BCUT2D eigenvalue weighted by Gasteiger charge is 2.18. The smallest absolute Gasteiger partial charge is 0.160 e. The molecule has 0 aliphatic rings. The largest absolute Gasteiger partial charge is 0.388 e. The second kappa shape index (κ2) is 15.8. The summed E-state index contributed by atoms with van der Waals surface area (Å²) in [5, 5.41) is 5.77. The minimum atomic E-state index is 0.684. The molecule has 0 saturated heterocycles. The van der Waals surface area contributed by atoms with E-state index in [0.29, 0.717) is 5.82 Å². The summed E-state index contributed by atoms with van der Waals surface area (Å²) in [6.07, 6.45) is 10.5. The SMILES string of the molecule is C=Nc1ccccc1N(C(/C=C\C=C/C)=C\c1cc2ccccc2cc1NC)c1ccc(-c2cc(-c3ccccc3)nc(-c3ccccc3)n2)cc1. The van der Waals surface area contributed by atoms with Gasteiger partial charge in [-0.3, -0.25) is 4.99 Å². The van der Waals surface area contributed by atoms with Crippen LogP contribution in [0.3, 0.4) is 0 Å². The maximum Gasteiger partial charge on any atom is 0.160 e. The maximum absolute atomic E-state index is 5.06. The molecule has 1 aromatic heterocycles. The topological polar surface area (TPSA) is 53.4 Å². The molecule has 5 heteroatoms. The van der Waals surface area contributed by atoms with Gasteiger partial charge in [0.1, 0.15) is 0 Å². The Morgan fingerprint density at radius 3 is 1.90 bits per heavy atom. The number of fused-ring (bicyclic) bond motifs is 1. The van der Waals surface area contributed by atoms with Crippen LogP contribution in [0, 0.1) is 0 Å². The van der Waals surface area contributed by atoms with Crippen molar-refractivity contribution in [2.45, 2.75) is 6.92 Å². The van der Waals surface area contributed by atoms with Crippen molar-refractivity contribution >= 4 is 46.3 Å². The van der Waals surface area contributed by atoms with Crippen LogP contribution in [0.4, 0.5) is 22.7 Å². The average molecular weight is 674 g/mol. The Morgan fingerprint density at radius 2 is 1.25 bits per heavy atom. The lowest BCUT2D eigenvalue weighted by molar-refractivity contribution is 1.18. The van der Waals surface area contributed by atoms with Gasteiger partial charge in [-0.2, -0.15) is 0 Å². The standard InChI is InChI=1S/C47H39N5/c1-4-5-8-23-41(31-39-30-37-21-13-14-22-38(37)32-43(39)49-3)52(46-25-16-15-24-42(46)48-2)40-28-26-35(27-29-40)45-33-44(34-17-9-6-10-18-34)50-47(51-45)36-19-11-7-12-20-36/h4-33,49H,2H2,1,3H3/b5-4-,23-8-,41-31-. The first kappa shape index (κ1) is 33.6. The van der Waals surface area contributed by atoms with E-state index in [1.807, 2.05) is 92.9 Å². The summed E-state index contributed by atoms with van der Waals surface area (Å²) >= 11 is 0. The minimum absolute atomic E-state index is 0.684. The van der Waals surface area contributed by atoms with Crippen LogP contribution in [0.5, 0.6) is 0 Å². The summed E-state index contributed by atoms with van der Waals surface area (Å²) in [6.45, 7) is 5.94. The molecular formula is C47H39N5. The van der Waals surface area contributed by atoms with Gasteiger partial charge >= 0.3 is 0 Å². The number of aliphatic imine (C=N–C) groups is 1. The minimum Gasteiger partial charge on any atom is -0.388 e. The lowest BCUT2D eigenvalue weighted by Crippen LogP contribution is -2.15. The number of hydrogen-bond acceptors (Lipinski definition) is 5. The Balaban J connectivity index is 1.38. The fraction of sp³-hybridized carbons (Fsp3) is 0.0426. The van der Waals surface area contributed by atoms with Gasteiger partial charge in [-0.15, -0.1) is 0 Å². The van der Waals surface area contributed by atoms with Crippen molar-refractivity contribution in [1.82, 2.24) is 9.97 Å². The molecule has 1 heterocycles. The second-order valence-electron chi connectivity index (χ2n) is 12.2. The molecular weight excluding hydrogens is 635 g/mol.